The van der Waals surface area contributed by atoms with Crippen LogP contribution in [-0.4, -0.2) is 43.6 Å². The van der Waals surface area contributed by atoms with E-state index in [-0.39, 0.29) is 32.0 Å². The average Bonchev–Trinajstić information content (AvgIpc) is 2.65. The summed E-state index contributed by atoms with van der Waals surface area (Å²) in [5, 5.41) is 19.6. The summed E-state index contributed by atoms with van der Waals surface area (Å²) in [6.45, 7) is 21.6. The fourth-order valence-corrected chi connectivity index (χ4v) is 8.82. The molecule has 4 nitrogen and oxygen atoms in total. The molecule has 0 saturated carbocycles. The van der Waals surface area contributed by atoms with Gasteiger partial charge in [0.05, 0.1) is 11.9 Å². The molecule has 4 unspecified atom stereocenters. The number of carbonyl (C=O) groups excluding carboxylic acids is 2. The molecule has 0 radical (unpaired) electrons. The molecule has 0 N–H and O–H groups in total. The van der Waals surface area contributed by atoms with Crippen molar-refractivity contribution >= 4 is 58.3 Å². The zero-order valence-electron chi connectivity index (χ0n) is 24.4. The first-order valence-corrected chi connectivity index (χ1v) is 18.4. The predicted octanol–water partition coefficient (Wildman–Crippen LogP) is 6.12. The maximum atomic E-state index is 10.4. The number of unbranched alkanes of at least 4 members (excludes halogenated alkanes) is 2. The van der Waals surface area contributed by atoms with Gasteiger partial charge in [-0.2, -0.15) is 25.3 Å². The van der Waals surface area contributed by atoms with Gasteiger partial charge in [0.15, 0.2) is 0 Å². The van der Waals surface area contributed by atoms with Crippen LogP contribution in [0.25, 0.3) is 0 Å². The van der Waals surface area contributed by atoms with Crippen LogP contribution in [0.5, 0.6) is 0 Å². The van der Waals surface area contributed by atoms with Crippen molar-refractivity contribution in [1.82, 2.24) is 0 Å². The molecule has 0 aliphatic carbocycles. The quantitative estimate of drug-likeness (QED) is 0.136. The monoisotopic (exact) mass is 640 g/mol. The van der Waals surface area contributed by atoms with Crippen LogP contribution in [0.4, 0.5) is 0 Å². The third-order valence-electron chi connectivity index (χ3n) is 5.13. The Kier molecular flexibility index (Phi) is 25.6. The van der Waals surface area contributed by atoms with Crippen molar-refractivity contribution in [2.24, 2.45) is 22.7 Å². The van der Waals surface area contributed by atoms with Gasteiger partial charge in [0.2, 0.25) is 0 Å². The first-order chi connectivity index (χ1) is 15.9. The summed E-state index contributed by atoms with van der Waals surface area (Å²) in [4.78, 5) is 20.8. The number of carboxylic acids is 2. The molecular weight excluding hydrogens is 583 g/mol. The first-order valence-electron chi connectivity index (χ1n) is 13.3. The van der Waals surface area contributed by atoms with Gasteiger partial charge in [-0.1, -0.05) is 55.4 Å². The van der Waals surface area contributed by atoms with E-state index in [1.807, 2.05) is 0 Å². The van der Waals surface area contributed by atoms with Crippen molar-refractivity contribution in [3.8, 4) is 0 Å². The molecule has 0 aromatic heterocycles. The van der Waals surface area contributed by atoms with E-state index in [1.54, 1.807) is 8.87 Å². The molecule has 0 spiro atoms. The Balaban J connectivity index is -0.000000448. The van der Waals surface area contributed by atoms with Gasteiger partial charge in [-0.25, -0.2) is 0 Å². The van der Waals surface area contributed by atoms with Gasteiger partial charge in [-0.15, -0.1) is 0 Å². The number of aliphatic carboxylic acids is 2. The molecule has 0 aromatic rings. The molecule has 35 heavy (non-hydrogen) atoms. The number of carboxylic acid groups (broad SMARTS) is 2. The molecule has 7 heteroatoms. The van der Waals surface area contributed by atoms with E-state index < -0.39 is 22.4 Å². The Morgan fingerprint density at radius 3 is 1.20 bits per heavy atom. The Morgan fingerprint density at radius 1 is 0.714 bits per heavy atom. The fourth-order valence-electron chi connectivity index (χ4n) is 3.94. The summed E-state index contributed by atoms with van der Waals surface area (Å²) in [7, 11) is 0. The summed E-state index contributed by atoms with van der Waals surface area (Å²) in [5.74, 6) is -1.38. The van der Waals surface area contributed by atoms with E-state index in [0.717, 1.165) is 12.8 Å². The van der Waals surface area contributed by atoms with Gasteiger partial charge in [0, 0.05) is 10.5 Å². The van der Waals surface area contributed by atoms with Gasteiger partial charge >= 0.3 is 69.5 Å². The summed E-state index contributed by atoms with van der Waals surface area (Å²) in [6, 6.07) is 0. The number of thiol groups is 2. The van der Waals surface area contributed by atoms with E-state index in [0.29, 0.717) is 24.7 Å². The minimum absolute atomic E-state index is 0.149. The van der Waals surface area contributed by atoms with Crippen LogP contribution in [-0.2, 0) is 9.59 Å². The van der Waals surface area contributed by atoms with Gasteiger partial charge in [0.1, 0.15) is 0 Å². The van der Waals surface area contributed by atoms with Crippen LogP contribution in [0.3, 0.4) is 0 Å². The molecule has 0 aliphatic heterocycles. The standard InChI is InChI=1S/2C10H20O2S.2C4H9.Sn/c2*1-7(6-10(2,3)4)5-8(13)9(11)12;2*1-3-4-2;/h2*7-8,13H,5-6H2,1-4H3,(H,11,12);2*1,3-4H2,2H3;/q;;;;+2/p-2. The number of rotatable bonds is 14. The molecule has 0 rings (SSSR count). The molecule has 0 saturated heterocycles. The average molecular weight is 640 g/mol. The molecular formula is C28H56O4S2Sn. The predicted molar refractivity (Wildman–Crippen MR) is 156 cm³/mol. The Hall–Kier alpha value is 0.439. The van der Waals surface area contributed by atoms with E-state index in [9.17, 15) is 19.8 Å². The second kappa shape index (κ2) is 22.4. The van der Waals surface area contributed by atoms with Gasteiger partial charge in [0.25, 0.3) is 0 Å². The van der Waals surface area contributed by atoms with Crippen molar-refractivity contribution < 1.29 is 19.8 Å². The molecule has 0 fully saturated rings. The molecule has 0 bridgehead atoms. The van der Waals surface area contributed by atoms with Crippen LogP contribution in [0.15, 0.2) is 0 Å². The zero-order chi connectivity index (χ0) is 28.2. The molecule has 4 atom stereocenters. The summed E-state index contributed by atoms with van der Waals surface area (Å²) in [6.07, 6.45) is 9.03. The first kappa shape index (κ1) is 39.9. The maximum absolute atomic E-state index is 10.4. The topological polar surface area (TPSA) is 80.3 Å². The molecule has 0 aromatic carbocycles. The van der Waals surface area contributed by atoms with Crippen LogP contribution < -0.4 is 10.2 Å². The molecule has 0 heterocycles. The summed E-state index contributed by atoms with van der Waals surface area (Å²) < 4.78 is 3.25. The van der Waals surface area contributed by atoms with Crippen molar-refractivity contribution in [3.63, 3.8) is 0 Å². The Bertz CT molecular complexity index is 484. The molecule has 208 valence electrons. The number of hydrogen-bond donors (Lipinski definition) is 2. The minimum atomic E-state index is -1.07. The van der Waals surface area contributed by atoms with Gasteiger partial charge in [-0.05, 0) is 48.3 Å². The normalized spacial score (nSPS) is 14.7. The second-order valence-electron chi connectivity index (χ2n) is 12.3. The van der Waals surface area contributed by atoms with E-state index in [2.05, 4.69) is 94.5 Å². The Labute approximate surface area is 239 Å². The van der Waals surface area contributed by atoms with E-state index in [4.69, 9.17) is 0 Å². The number of carbonyl (C=O) groups is 2. The van der Waals surface area contributed by atoms with Crippen molar-refractivity contribution in [2.75, 3.05) is 0 Å². The van der Waals surface area contributed by atoms with Crippen LogP contribution >= 0.6 is 25.3 Å². The number of hydrogen-bond acceptors (Lipinski definition) is 6. The summed E-state index contributed by atoms with van der Waals surface area (Å²) in [5.41, 5.74) is 0.498. The molecule has 0 aliphatic rings. The van der Waals surface area contributed by atoms with Crippen molar-refractivity contribution in [1.29, 1.82) is 0 Å². The van der Waals surface area contributed by atoms with Crippen LogP contribution in [0.1, 0.15) is 121 Å². The third kappa shape index (κ3) is 34.4. The zero-order valence-corrected chi connectivity index (χ0v) is 29.1. The van der Waals surface area contributed by atoms with Gasteiger partial charge < -0.3 is 19.8 Å². The SMILES string of the molecule is CC(CC(S)C(=O)[O-])CC(C)(C)C.CC(CC(S)C(=O)[O-])CC(C)(C)C.CCC[CH2][Sn+2][CH2]CCC. The van der Waals surface area contributed by atoms with Crippen LogP contribution in [0, 0.1) is 22.7 Å². The summed E-state index contributed by atoms with van der Waals surface area (Å²) >= 11 is 8.05. The Morgan fingerprint density at radius 2 is 1.00 bits per heavy atom. The van der Waals surface area contributed by atoms with E-state index >= 15 is 0 Å². The second-order valence-corrected chi connectivity index (χ2v) is 17.9. The van der Waals surface area contributed by atoms with E-state index in [1.165, 1.54) is 25.7 Å². The van der Waals surface area contributed by atoms with Crippen molar-refractivity contribution in [2.45, 2.75) is 140 Å². The van der Waals surface area contributed by atoms with Gasteiger partial charge in [-0.3, -0.25) is 0 Å². The van der Waals surface area contributed by atoms with Crippen LogP contribution in [0.2, 0.25) is 8.87 Å². The fraction of sp³-hybridized carbons (Fsp3) is 0.929. The van der Waals surface area contributed by atoms with Crippen molar-refractivity contribution in [3.05, 3.63) is 0 Å². The molecule has 0 amide bonds. The third-order valence-corrected chi connectivity index (χ3v) is 10.0.